The van der Waals surface area contributed by atoms with E-state index in [1.807, 2.05) is 37.3 Å². The molecule has 1 amide bonds. The summed E-state index contributed by atoms with van der Waals surface area (Å²) in [5, 5.41) is 8.48. The van der Waals surface area contributed by atoms with Gasteiger partial charge in [0.1, 0.15) is 0 Å². The van der Waals surface area contributed by atoms with Gasteiger partial charge in [-0.25, -0.2) is 18.1 Å². The predicted molar refractivity (Wildman–Crippen MR) is 125 cm³/mol. The van der Waals surface area contributed by atoms with Gasteiger partial charge in [0, 0.05) is 17.3 Å². The Balaban J connectivity index is 1.61. The van der Waals surface area contributed by atoms with Gasteiger partial charge in [-0.1, -0.05) is 32.0 Å². The molecule has 1 aliphatic heterocycles. The summed E-state index contributed by atoms with van der Waals surface area (Å²) in [6.45, 7) is 6.06. The van der Waals surface area contributed by atoms with Gasteiger partial charge in [-0.2, -0.15) is 5.10 Å². The molecule has 7 nitrogen and oxygen atoms in total. The van der Waals surface area contributed by atoms with Crippen LogP contribution in [0.15, 0.2) is 30.3 Å². The first-order valence-corrected chi connectivity index (χ1v) is 13.1. The van der Waals surface area contributed by atoms with E-state index < -0.39 is 9.84 Å². The number of pyridine rings is 1. The molecule has 2 aliphatic rings. The summed E-state index contributed by atoms with van der Waals surface area (Å²) < 4.78 is 25.9. The molecule has 1 aromatic carbocycles. The molecule has 1 saturated carbocycles. The maximum atomic E-state index is 13.5. The van der Waals surface area contributed by atoms with Crippen molar-refractivity contribution in [1.29, 1.82) is 0 Å². The van der Waals surface area contributed by atoms with Gasteiger partial charge >= 0.3 is 0 Å². The number of carbonyl (C=O) groups is 1. The van der Waals surface area contributed by atoms with E-state index in [2.05, 4.69) is 24.3 Å². The smallest absolute Gasteiger partial charge is 0.256 e. The molecule has 3 aromatic rings. The standard InChI is InChI=1S/C24H28N4O3S/c1-14(2)18-6-4-5-7-20(18)26-24(29)19-12-21(16-8-9-16)25-23-22(19)15(3)27-28(23)17-10-11-32(30,31)13-17/h4-7,12,14,16-17H,8-11,13H2,1-3H3,(H,26,29). The third-order valence-electron chi connectivity index (χ3n) is 6.48. The number of sulfone groups is 1. The Morgan fingerprint density at radius 2 is 1.94 bits per heavy atom. The van der Waals surface area contributed by atoms with E-state index in [1.54, 1.807) is 4.68 Å². The Morgan fingerprint density at radius 3 is 2.59 bits per heavy atom. The van der Waals surface area contributed by atoms with Crippen LogP contribution in [-0.4, -0.2) is 40.6 Å². The Bertz CT molecular complexity index is 1320. The van der Waals surface area contributed by atoms with Crippen molar-refractivity contribution >= 4 is 32.5 Å². The molecular weight excluding hydrogens is 424 g/mol. The molecule has 1 aliphatic carbocycles. The van der Waals surface area contributed by atoms with Gasteiger partial charge in [0.2, 0.25) is 0 Å². The molecule has 2 fully saturated rings. The molecular formula is C24H28N4O3S. The lowest BCUT2D eigenvalue weighted by molar-refractivity contribution is 0.102. The minimum Gasteiger partial charge on any atom is -0.322 e. The number of nitrogens with zero attached hydrogens (tertiary/aromatic N) is 3. The van der Waals surface area contributed by atoms with Crippen LogP contribution in [0.5, 0.6) is 0 Å². The van der Waals surface area contributed by atoms with Crippen molar-refractivity contribution in [1.82, 2.24) is 14.8 Å². The molecule has 0 radical (unpaired) electrons. The Morgan fingerprint density at radius 1 is 1.19 bits per heavy atom. The minimum absolute atomic E-state index is 0.0713. The quantitative estimate of drug-likeness (QED) is 0.621. The Labute approximate surface area is 188 Å². The molecule has 168 valence electrons. The van der Waals surface area contributed by atoms with Gasteiger partial charge in [0.05, 0.1) is 34.2 Å². The highest BCUT2D eigenvalue weighted by Crippen LogP contribution is 2.41. The number of hydrogen-bond acceptors (Lipinski definition) is 5. The molecule has 1 atom stereocenters. The van der Waals surface area contributed by atoms with Gasteiger partial charge in [0.25, 0.3) is 5.91 Å². The van der Waals surface area contributed by atoms with E-state index >= 15 is 0 Å². The second-order valence-electron chi connectivity index (χ2n) is 9.35. The lowest BCUT2D eigenvalue weighted by Gasteiger charge is -2.15. The molecule has 0 bridgehead atoms. The summed E-state index contributed by atoms with van der Waals surface area (Å²) in [6.07, 6.45) is 2.64. The number of hydrogen-bond donors (Lipinski definition) is 1. The van der Waals surface area contributed by atoms with Crippen molar-refractivity contribution in [2.75, 3.05) is 16.8 Å². The van der Waals surface area contributed by atoms with Crippen molar-refractivity contribution in [2.24, 2.45) is 0 Å². The van der Waals surface area contributed by atoms with E-state index in [9.17, 15) is 13.2 Å². The van der Waals surface area contributed by atoms with Crippen LogP contribution in [0.3, 0.4) is 0 Å². The van der Waals surface area contributed by atoms with E-state index in [0.717, 1.165) is 29.8 Å². The topological polar surface area (TPSA) is 93.9 Å². The van der Waals surface area contributed by atoms with E-state index in [4.69, 9.17) is 4.98 Å². The van der Waals surface area contributed by atoms with Crippen molar-refractivity contribution in [3.63, 3.8) is 0 Å². The molecule has 5 rings (SSSR count). The zero-order valence-electron chi connectivity index (χ0n) is 18.6. The first-order valence-electron chi connectivity index (χ1n) is 11.2. The molecule has 32 heavy (non-hydrogen) atoms. The van der Waals surface area contributed by atoms with Crippen molar-refractivity contribution < 1.29 is 13.2 Å². The van der Waals surface area contributed by atoms with Crippen molar-refractivity contribution in [3.05, 3.63) is 52.8 Å². The van der Waals surface area contributed by atoms with Crippen LogP contribution in [0.1, 0.15) is 78.3 Å². The van der Waals surface area contributed by atoms with Crippen molar-refractivity contribution in [2.45, 2.75) is 57.9 Å². The molecule has 8 heteroatoms. The van der Waals surface area contributed by atoms with Crippen LogP contribution in [0.25, 0.3) is 11.0 Å². The lowest BCUT2D eigenvalue weighted by Crippen LogP contribution is -2.16. The third kappa shape index (κ3) is 3.81. The van der Waals surface area contributed by atoms with Gasteiger partial charge in [0.15, 0.2) is 15.5 Å². The average Bonchev–Trinajstić information content (AvgIpc) is 3.46. The predicted octanol–water partition coefficient (Wildman–Crippen LogP) is 4.35. The van der Waals surface area contributed by atoms with Gasteiger partial charge < -0.3 is 5.32 Å². The first kappa shape index (κ1) is 21.1. The van der Waals surface area contributed by atoms with Crippen molar-refractivity contribution in [3.8, 4) is 0 Å². The summed E-state index contributed by atoms with van der Waals surface area (Å²) >= 11 is 0. The molecule has 1 saturated heterocycles. The van der Waals surface area contributed by atoms with Crippen LogP contribution >= 0.6 is 0 Å². The highest BCUT2D eigenvalue weighted by Gasteiger charge is 2.34. The summed E-state index contributed by atoms with van der Waals surface area (Å²) in [6, 6.07) is 9.51. The summed E-state index contributed by atoms with van der Waals surface area (Å²) in [5.41, 5.74) is 4.65. The number of aromatic nitrogens is 3. The monoisotopic (exact) mass is 452 g/mol. The largest absolute Gasteiger partial charge is 0.322 e. The molecule has 3 heterocycles. The van der Waals surface area contributed by atoms with E-state index in [-0.39, 0.29) is 29.4 Å². The minimum atomic E-state index is -3.07. The van der Waals surface area contributed by atoms with Crippen LogP contribution < -0.4 is 5.32 Å². The molecule has 2 aromatic heterocycles. The molecule has 1 N–H and O–H groups in total. The van der Waals surface area contributed by atoms with E-state index in [1.165, 1.54) is 0 Å². The SMILES string of the molecule is Cc1nn(C2CCS(=O)(=O)C2)c2nc(C3CC3)cc(C(=O)Nc3ccccc3C(C)C)c12. The highest BCUT2D eigenvalue weighted by atomic mass is 32.2. The average molecular weight is 453 g/mol. The number of nitrogens with one attached hydrogen (secondary N) is 1. The van der Waals surface area contributed by atoms with Crippen LogP contribution in [0, 0.1) is 6.92 Å². The zero-order valence-corrected chi connectivity index (χ0v) is 19.4. The fraction of sp³-hybridized carbons (Fsp3) is 0.458. The first-order chi connectivity index (χ1) is 15.2. The molecule has 1 unspecified atom stereocenters. The van der Waals surface area contributed by atoms with E-state index in [0.29, 0.717) is 34.6 Å². The summed E-state index contributed by atoms with van der Waals surface area (Å²) in [7, 11) is -3.07. The number of amides is 1. The number of rotatable bonds is 5. The normalized spacial score (nSPS) is 20.2. The summed E-state index contributed by atoms with van der Waals surface area (Å²) in [5.74, 6) is 0.681. The molecule has 0 spiro atoms. The second kappa shape index (κ2) is 7.69. The maximum absolute atomic E-state index is 13.5. The number of carbonyl (C=O) groups excluding carboxylic acids is 1. The Hall–Kier alpha value is -2.74. The number of aryl methyl sites for hydroxylation is 1. The van der Waals surface area contributed by atoms with Crippen LogP contribution in [0.4, 0.5) is 5.69 Å². The zero-order chi connectivity index (χ0) is 22.6. The fourth-order valence-corrected chi connectivity index (χ4v) is 6.32. The lowest BCUT2D eigenvalue weighted by atomic mass is 10.0. The fourth-order valence-electron chi connectivity index (χ4n) is 4.63. The number of anilines is 1. The van der Waals surface area contributed by atoms with Gasteiger partial charge in [-0.15, -0.1) is 0 Å². The second-order valence-corrected chi connectivity index (χ2v) is 11.6. The Kier molecular flexibility index (Phi) is 5.08. The van der Waals surface area contributed by atoms with Crippen LogP contribution in [0.2, 0.25) is 0 Å². The highest BCUT2D eigenvalue weighted by molar-refractivity contribution is 7.91. The third-order valence-corrected chi connectivity index (χ3v) is 8.23. The van der Waals surface area contributed by atoms with Crippen LogP contribution in [-0.2, 0) is 9.84 Å². The maximum Gasteiger partial charge on any atom is 0.256 e. The number of fused-ring (bicyclic) bond motifs is 1. The van der Waals surface area contributed by atoms with Gasteiger partial charge in [-0.3, -0.25) is 4.79 Å². The van der Waals surface area contributed by atoms with Gasteiger partial charge in [-0.05, 0) is 49.8 Å². The number of benzene rings is 1. The summed E-state index contributed by atoms with van der Waals surface area (Å²) in [4.78, 5) is 18.4. The number of para-hydroxylation sites is 1.